The van der Waals surface area contributed by atoms with E-state index in [1.165, 1.54) is 5.56 Å². The zero-order chi connectivity index (χ0) is 14.7. The summed E-state index contributed by atoms with van der Waals surface area (Å²) in [6, 6.07) is 13.8. The quantitative estimate of drug-likeness (QED) is 0.509. The highest BCUT2D eigenvalue weighted by Crippen LogP contribution is 2.33. The van der Waals surface area contributed by atoms with Crippen LogP contribution in [0.3, 0.4) is 0 Å². The molecule has 2 aromatic rings. The Morgan fingerprint density at radius 3 is 2.10 bits per heavy atom. The van der Waals surface area contributed by atoms with Crippen LogP contribution < -0.4 is 0 Å². The summed E-state index contributed by atoms with van der Waals surface area (Å²) in [4.78, 5) is 0.0103. The molecule has 2 rings (SSSR count). The zero-order valence-corrected chi connectivity index (χ0v) is 14.7. The predicted octanol–water partition coefficient (Wildman–Crippen LogP) is 6.59. The third-order valence-electron chi connectivity index (χ3n) is 3.65. The van der Waals surface area contributed by atoms with Gasteiger partial charge in [0, 0.05) is 0 Å². The molecule has 0 saturated carbocycles. The summed E-state index contributed by atoms with van der Waals surface area (Å²) in [6.07, 6.45) is 1.13. The van der Waals surface area contributed by atoms with Gasteiger partial charge in [0.1, 0.15) is 5.82 Å². The fourth-order valence-electron chi connectivity index (χ4n) is 2.09. The Kier molecular flexibility index (Phi) is 5.39. The third-order valence-corrected chi connectivity index (χ3v) is 5.35. The van der Waals surface area contributed by atoms with E-state index in [9.17, 15) is 4.39 Å². The van der Waals surface area contributed by atoms with Crippen LogP contribution in [0.25, 0.3) is 0 Å². The summed E-state index contributed by atoms with van der Waals surface area (Å²) in [5.41, 5.74) is 3.40. The van der Waals surface area contributed by atoms with E-state index < -0.39 is 0 Å². The summed E-state index contributed by atoms with van der Waals surface area (Å²) in [6.45, 7) is 4.42. The van der Waals surface area contributed by atoms with Gasteiger partial charge in [-0.15, -0.1) is 0 Å². The van der Waals surface area contributed by atoms with Gasteiger partial charge in [-0.05, 0) is 57.1 Å². The number of halogens is 3. The Morgan fingerprint density at radius 1 is 1.00 bits per heavy atom. The molecule has 106 valence electrons. The minimum absolute atomic E-state index is 0.0103. The molecule has 0 aliphatic rings. The van der Waals surface area contributed by atoms with Crippen LogP contribution in [0.15, 0.2) is 46.9 Å². The molecule has 0 aliphatic heterocycles. The van der Waals surface area contributed by atoms with Gasteiger partial charge in [-0.3, -0.25) is 0 Å². The van der Waals surface area contributed by atoms with E-state index in [1.807, 2.05) is 6.07 Å². The van der Waals surface area contributed by atoms with E-state index in [4.69, 9.17) is 0 Å². The lowest BCUT2D eigenvalue weighted by atomic mass is 9.96. The van der Waals surface area contributed by atoms with Crippen LogP contribution in [0.2, 0.25) is 0 Å². The number of benzene rings is 2. The third kappa shape index (κ3) is 3.50. The van der Waals surface area contributed by atoms with Crippen LogP contribution in [-0.4, -0.2) is 0 Å². The van der Waals surface area contributed by atoms with Gasteiger partial charge < -0.3 is 0 Å². The summed E-state index contributed by atoms with van der Waals surface area (Å²) in [5, 5.41) is 0. The number of hydrogen-bond acceptors (Lipinski definition) is 0. The molecule has 2 atom stereocenters. The molecule has 3 heteroatoms. The second-order valence-electron chi connectivity index (χ2n) is 5.01. The van der Waals surface area contributed by atoms with Gasteiger partial charge in [0.05, 0.1) is 9.30 Å². The fourth-order valence-corrected chi connectivity index (χ4v) is 2.93. The Hall–Kier alpha value is -0.670. The molecule has 0 fully saturated rings. The van der Waals surface area contributed by atoms with Crippen molar-refractivity contribution in [2.24, 2.45) is 0 Å². The molecule has 2 unspecified atom stereocenters. The van der Waals surface area contributed by atoms with E-state index in [0.29, 0.717) is 10.4 Å². The molecule has 0 nitrogen and oxygen atoms in total. The Labute approximate surface area is 136 Å². The summed E-state index contributed by atoms with van der Waals surface area (Å²) >= 11 is 6.83. The molecular weight excluding hydrogens is 383 g/mol. The average Bonchev–Trinajstić information content (AvgIpc) is 2.48. The van der Waals surface area contributed by atoms with Crippen LogP contribution in [0.5, 0.6) is 0 Å². The van der Waals surface area contributed by atoms with Crippen molar-refractivity contribution in [2.75, 3.05) is 0 Å². The van der Waals surface area contributed by atoms with Crippen molar-refractivity contribution in [3.63, 3.8) is 0 Å². The van der Waals surface area contributed by atoms with Gasteiger partial charge in [0.2, 0.25) is 0 Å². The van der Waals surface area contributed by atoms with E-state index in [-0.39, 0.29) is 10.6 Å². The number of hydrogen-bond donors (Lipinski definition) is 0. The molecule has 0 spiro atoms. The van der Waals surface area contributed by atoms with Crippen LogP contribution in [0, 0.1) is 5.82 Å². The van der Waals surface area contributed by atoms with Crippen LogP contribution in [0.4, 0.5) is 4.39 Å². The lowest BCUT2D eigenvalue weighted by molar-refractivity contribution is 0.619. The lowest BCUT2D eigenvalue weighted by Gasteiger charge is -2.14. The highest BCUT2D eigenvalue weighted by atomic mass is 79.9. The highest BCUT2D eigenvalue weighted by molar-refractivity contribution is 9.10. The molecule has 0 saturated heterocycles. The fraction of sp³-hybridized carbons (Fsp3) is 0.294. The first-order valence-electron chi connectivity index (χ1n) is 6.71. The van der Waals surface area contributed by atoms with E-state index in [2.05, 4.69) is 70.0 Å². The van der Waals surface area contributed by atoms with Crippen molar-refractivity contribution in [2.45, 2.75) is 31.0 Å². The van der Waals surface area contributed by atoms with Crippen LogP contribution in [-0.2, 0) is 0 Å². The van der Waals surface area contributed by atoms with Crippen molar-refractivity contribution in [3.8, 4) is 0 Å². The molecule has 20 heavy (non-hydrogen) atoms. The first-order chi connectivity index (χ1) is 9.52. The number of alkyl halides is 1. The summed E-state index contributed by atoms with van der Waals surface area (Å²) in [5.74, 6) is 0.339. The van der Waals surface area contributed by atoms with Crippen molar-refractivity contribution in [3.05, 3.63) is 69.4 Å². The maximum absolute atomic E-state index is 13.6. The lowest BCUT2D eigenvalue weighted by Crippen LogP contribution is -1.96. The van der Waals surface area contributed by atoms with Gasteiger partial charge in [0.15, 0.2) is 0 Å². The topological polar surface area (TPSA) is 0 Å². The Bertz CT molecular complexity index is 578. The molecule has 0 radical (unpaired) electrons. The molecule has 0 N–H and O–H groups in total. The standard InChI is InChI=1S/C17H17Br2F/c1-3-11(2)12-4-6-13(7-5-12)17(19)14-8-9-15(18)16(20)10-14/h4-11,17H,3H2,1-2H3. The van der Waals surface area contributed by atoms with Gasteiger partial charge in [0.25, 0.3) is 0 Å². The molecule has 0 aromatic heterocycles. The number of rotatable bonds is 4. The maximum atomic E-state index is 13.6. The van der Waals surface area contributed by atoms with Crippen molar-refractivity contribution < 1.29 is 4.39 Å². The predicted molar refractivity (Wildman–Crippen MR) is 90.0 cm³/mol. The SMILES string of the molecule is CCC(C)c1ccc(C(Br)c2ccc(Br)c(F)c2)cc1. The smallest absolute Gasteiger partial charge is 0.137 e. The molecular formula is C17H17Br2F. The Balaban J connectivity index is 2.24. The van der Waals surface area contributed by atoms with Gasteiger partial charge in [-0.2, -0.15) is 0 Å². The van der Waals surface area contributed by atoms with E-state index in [1.54, 1.807) is 12.1 Å². The Morgan fingerprint density at radius 2 is 1.55 bits per heavy atom. The molecule has 2 aromatic carbocycles. The second kappa shape index (κ2) is 6.86. The van der Waals surface area contributed by atoms with Crippen LogP contribution in [0.1, 0.15) is 47.7 Å². The summed E-state index contributed by atoms with van der Waals surface area (Å²) in [7, 11) is 0. The minimum atomic E-state index is -0.233. The first kappa shape index (κ1) is 15.7. The van der Waals surface area contributed by atoms with Crippen molar-refractivity contribution in [1.29, 1.82) is 0 Å². The second-order valence-corrected chi connectivity index (χ2v) is 6.78. The molecule has 0 heterocycles. The molecule has 0 bridgehead atoms. The zero-order valence-electron chi connectivity index (χ0n) is 11.5. The first-order valence-corrected chi connectivity index (χ1v) is 8.42. The molecule has 0 aliphatic carbocycles. The largest absolute Gasteiger partial charge is 0.206 e. The molecule has 0 amide bonds. The van der Waals surface area contributed by atoms with Crippen LogP contribution >= 0.6 is 31.9 Å². The monoisotopic (exact) mass is 398 g/mol. The van der Waals surface area contributed by atoms with Gasteiger partial charge in [-0.25, -0.2) is 4.39 Å². The van der Waals surface area contributed by atoms with Crippen molar-refractivity contribution >= 4 is 31.9 Å². The maximum Gasteiger partial charge on any atom is 0.137 e. The van der Waals surface area contributed by atoms with E-state index >= 15 is 0 Å². The summed E-state index contributed by atoms with van der Waals surface area (Å²) < 4.78 is 14.1. The van der Waals surface area contributed by atoms with E-state index in [0.717, 1.165) is 17.5 Å². The highest BCUT2D eigenvalue weighted by Gasteiger charge is 2.13. The van der Waals surface area contributed by atoms with Gasteiger partial charge >= 0.3 is 0 Å². The normalized spacial score (nSPS) is 14.1. The minimum Gasteiger partial charge on any atom is -0.206 e. The van der Waals surface area contributed by atoms with Gasteiger partial charge in [-0.1, -0.05) is 60.1 Å². The average molecular weight is 400 g/mol. The van der Waals surface area contributed by atoms with Crippen molar-refractivity contribution in [1.82, 2.24) is 0 Å².